The van der Waals surface area contributed by atoms with Crippen LogP contribution >= 0.6 is 24.0 Å². The lowest BCUT2D eigenvalue weighted by Crippen LogP contribution is -2.50. The van der Waals surface area contributed by atoms with Crippen LogP contribution in [0.5, 0.6) is 0 Å². The fraction of sp³-hybridized carbons (Fsp3) is 0.938. The van der Waals surface area contributed by atoms with Crippen molar-refractivity contribution in [2.45, 2.75) is 39.7 Å². The molecule has 1 atom stereocenters. The van der Waals surface area contributed by atoms with E-state index in [1.54, 1.807) is 0 Å². The minimum Gasteiger partial charge on any atom is -0.374 e. The monoisotopic (exact) mass is 424 g/mol. The van der Waals surface area contributed by atoms with Crippen LogP contribution in [-0.4, -0.2) is 62.8 Å². The standard InChI is InChI=1S/C16H32N4O.HI/c1-4-17-16(18-9-14-5-6-14)19-10-15-12-20(7-8-21-15)11-13(2)3;/h13-15H,4-12H2,1-3H3,(H2,17,18,19);1H. The molecule has 2 N–H and O–H groups in total. The van der Waals surface area contributed by atoms with E-state index in [-0.39, 0.29) is 30.1 Å². The van der Waals surface area contributed by atoms with Crippen LogP contribution in [0.25, 0.3) is 0 Å². The maximum Gasteiger partial charge on any atom is 0.191 e. The van der Waals surface area contributed by atoms with Crippen molar-refractivity contribution in [2.24, 2.45) is 16.8 Å². The second kappa shape index (κ2) is 10.6. The molecule has 0 spiro atoms. The summed E-state index contributed by atoms with van der Waals surface area (Å²) in [4.78, 5) is 7.16. The Hall–Kier alpha value is -0.0800. The van der Waals surface area contributed by atoms with Crippen LogP contribution in [0, 0.1) is 11.8 Å². The van der Waals surface area contributed by atoms with Gasteiger partial charge >= 0.3 is 0 Å². The van der Waals surface area contributed by atoms with E-state index in [0.717, 1.165) is 57.8 Å². The van der Waals surface area contributed by atoms with Crippen LogP contribution in [0.1, 0.15) is 33.6 Å². The van der Waals surface area contributed by atoms with E-state index in [1.807, 2.05) is 0 Å². The molecule has 5 nitrogen and oxygen atoms in total. The van der Waals surface area contributed by atoms with Gasteiger partial charge in [-0.3, -0.25) is 9.89 Å². The van der Waals surface area contributed by atoms with Gasteiger partial charge in [0, 0.05) is 39.3 Å². The Bertz CT molecular complexity index is 334. The van der Waals surface area contributed by atoms with Crippen LogP contribution in [0.15, 0.2) is 4.99 Å². The number of aliphatic imine (C=N–C) groups is 1. The normalized spacial score (nSPS) is 23.3. The van der Waals surface area contributed by atoms with Gasteiger partial charge in [-0.25, -0.2) is 0 Å². The number of hydrogen-bond donors (Lipinski definition) is 2. The molecule has 0 aromatic heterocycles. The molecule has 0 amide bonds. The molecule has 0 radical (unpaired) electrons. The van der Waals surface area contributed by atoms with E-state index in [4.69, 9.17) is 4.74 Å². The molecule has 0 aromatic rings. The molecule has 2 rings (SSSR count). The van der Waals surface area contributed by atoms with Gasteiger partial charge in [-0.15, -0.1) is 24.0 Å². The Balaban J connectivity index is 0.00000242. The minimum atomic E-state index is 0. The van der Waals surface area contributed by atoms with Gasteiger partial charge < -0.3 is 15.4 Å². The third-order valence-electron chi connectivity index (χ3n) is 3.89. The molecular formula is C16H33IN4O. The topological polar surface area (TPSA) is 48.9 Å². The summed E-state index contributed by atoms with van der Waals surface area (Å²) in [6.07, 6.45) is 2.96. The number of guanidine groups is 1. The largest absolute Gasteiger partial charge is 0.374 e. The van der Waals surface area contributed by atoms with E-state index < -0.39 is 0 Å². The summed E-state index contributed by atoms with van der Waals surface area (Å²) in [5.74, 6) is 2.48. The van der Waals surface area contributed by atoms with Gasteiger partial charge in [-0.2, -0.15) is 0 Å². The van der Waals surface area contributed by atoms with Crippen LogP contribution in [0.2, 0.25) is 0 Å². The molecule has 2 aliphatic rings. The SMILES string of the molecule is CCNC(=NCC1CC1)NCC1CN(CC(C)C)CCO1.I. The van der Waals surface area contributed by atoms with Crippen LogP contribution in [0.3, 0.4) is 0 Å². The number of rotatable bonds is 7. The number of nitrogens with one attached hydrogen (secondary N) is 2. The fourth-order valence-electron chi connectivity index (χ4n) is 2.66. The number of morpholine rings is 1. The van der Waals surface area contributed by atoms with Gasteiger partial charge in [0.25, 0.3) is 0 Å². The van der Waals surface area contributed by atoms with Crippen molar-refractivity contribution in [3.8, 4) is 0 Å². The average Bonchev–Trinajstić information content (AvgIpc) is 3.26. The van der Waals surface area contributed by atoms with Gasteiger partial charge in [0.1, 0.15) is 0 Å². The Morgan fingerprint density at radius 2 is 2.09 bits per heavy atom. The van der Waals surface area contributed by atoms with Crippen molar-refractivity contribution in [1.29, 1.82) is 0 Å². The van der Waals surface area contributed by atoms with Crippen LogP contribution in [-0.2, 0) is 4.74 Å². The van der Waals surface area contributed by atoms with Gasteiger partial charge in [0.15, 0.2) is 5.96 Å². The van der Waals surface area contributed by atoms with E-state index in [0.29, 0.717) is 5.92 Å². The molecule has 0 bridgehead atoms. The predicted molar refractivity (Wildman–Crippen MR) is 103 cm³/mol. The Labute approximate surface area is 152 Å². The maximum absolute atomic E-state index is 5.87. The lowest BCUT2D eigenvalue weighted by atomic mass is 10.2. The highest BCUT2D eigenvalue weighted by atomic mass is 127. The highest BCUT2D eigenvalue weighted by Crippen LogP contribution is 2.28. The first-order chi connectivity index (χ1) is 10.2. The molecule has 0 aromatic carbocycles. The lowest BCUT2D eigenvalue weighted by molar-refractivity contribution is -0.0284. The summed E-state index contributed by atoms with van der Waals surface area (Å²) in [5.41, 5.74) is 0. The van der Waals surface area contributed by atoms with E-state index in [2.05, 4.69) is 41.3 Å². The van der Waals surface area contributed by atoms with Crippen molar-refractivity contribution in [3.05, 3.63) is 0 Å². The Morgan fingerprint density at radius 3 is 2.73 bits per heavy atom. The molecule has 1 saturated heterocycles. The van der Waals surface area contributed by atoms with E-state index in [9.17, 15) is 0 Å². The molecular weight excluding hydrogens is 391 g/mol. The first-order valence-electron chi connectivity index (χ1n) is 8.53. The summed E-state index contributed by atoms with van der Waals surface area (Å²) >= 11 is 0. The van der Waals surface area contributed by atoms with Crippen LogP contribution < -0.4 is 10.6 Å². The first-order valence-corrected chi connectivity index (χ1v) is 8.53. The number of nitrogens with zero attached hydrogens (tertiary/aromatic N) is 2. The smallest absolute Gasteiger partial charge is 0.191 e. The fourth-order valence-corrected chi connectivity index (χ4v) is 2.66. The van der Waals surface area contributed by atoms with Crippen molar-refractivity contribution >= 4 is 29.9 Å². The number of halogens is 1. The molecule has 1 aliphatic heterocycles. The van der Waals surface area contributed by atoms with E-state index in [1.165, 1.54) is 12.8 Å². The highest BCUT2D eigenvalue weighted by molar-refractivity contribution is 14.0. The first kappa shape index (κ1) is 20.0. The second-order valence-electron chi connectivity index (χ2n) is 6.69. The van der Waals surface area contributed by atoms with Gasteiger partial charge in [-0.1, -0.05) is 13.8 Å². The Morgan fingerprint density at radius 1 is 1.32 bits per heavy atom. The third kappa shape index (κ3) is 7.97. The van der Waals surface area contributed by atoms with Crippen molar-refractivity contribution in [1.82, 2.24) is 15.5 Å². The summed E-state index contributed by atoms with van der Waals surface area (Å²) < 4.78 is 5.87. The van der Waals surface area contributed by atoms with Gasteiger partial charge in [-0.05, 0) is 31.6 Å². The van der Waals surface area contributed by atoms with E-state index >= 15 is 0 Å². The molecule has 22 heavy (non-hydrogen) atoms. The van der Waals surface area contributed by atoms with Crippen molar-refractivity contribution < 1.29 is 4.74 Å². The molecule has 1 heterocycles. The molecule has 130 valence electrons. The maximum atomic E-state index is 5.87. The summed E-state index contributed by atoms with van der Waals surface area (Å²) in [5, 5.41) is 6.75. The highest BCUT2D eigenvalue weighted by Gasteiger charge is 2.22. The third-order valence-corrected chi connectivity index (χ3v) is 3.89. The van der Waals surface area contributed by atoms with Gasteiger partial charge in [0.2, 0.25) is 0 Å². The molecule has 6 heteroatoms. The average molecular weight is 424 g/mol. The molecule has 1 saturated carbocycles. The van der Waals surface area contributed by atoms with Crippen molar-refractivity contribution in [2.75, 3.05) is 45.9 Å². The quantitative estimate of drug-likeness (QED) is 0.373. The molecule has 1 aliphatic carbocycles. The number of hydrogen-bond acceptors (Lipinski definition) is 3. The zero-order valence-corrected chi connectivity index (χ0v) is 16.6. The number of ether oxygens (including phenoxy) is 1. The Kier molecular flexibility index (Phi) is 9.66. The van der Waals surface area contributed by atoms with Crippen LogP contribution in [0.4, 0.5) is 0 Å². The minimum absolute atomic E-state index is 0. The van der Waals surface area contributed by atoms with Gasteiger partial charge in [0.05, 0.1) is 12.7 Å². The lowest BCUT2D eigenvalue weighted by Gasteiger charge is -2.34. The predicted octanol–water partition coefficient (Wildman–Crippen LogP) is 1.93. The summed E-state index contributed by atoms with van der Waals surface area (Å²) in [6.45, 7) is 13.4. The zero-order chi connectivity index (χ0) is 15.1. The van der Waals surface area contributed by atoms with Crippen molar-refractivity contribution in [3.63, 3.8) is 0 Å². The molecule has 2 fully saturated rings. The molecule has 1 unspecified atom stereocenters. The summed E-state index contributed by atoms with van der Waals surface area (Å²) in [6, 6.07) is 0. The zero-order valence-electron chi connectivity index (χ0n) is 14.3. The second-order valence-corrected chi connectivity index (χ2v) is 6.69. The summed E-state index contributed by atoms with van der Waals surface area (Å²) in [7, 11) is 0.